The summed E-state index contributed by atoms with van der Waals surface area (Å²) in [5, 5.41) is 12.9. The van der Waals surface area contributed by atoms with Gasteiger partial charge in [-0.1, -0.05) is 5.16 Å². The third-order valence-electron chi connectivity index (χ3n) is 6.21. The van der Waals surface area contributed by atoms with Crippen LogP contribution in [-0.2, 0) is 24.8 Å². The summed E-state index contributed by atoms with van der Waals surface area (Å²) < 4.78 is 7.34. The quantitative estimate of drug-likeness (QED) is 0.782. The molecule has 28 heavy (non-hydrogen) atoms. The highest BCUT2D eigenvalue weighted by molar-refractivity contribution is 5.79. The molecule has 0 aromatic carbocycles. The molecule has 8 heteroatoms. The van der Waals surface area contributed by atoms with Crippen molar-refractivity contribution in [3.63, 3.8) is 0 Å². The van der Waals surface area contributed by atoms with Crippen molar-refractivity contribution >= 4 is 5.91 Å². The molecule has 2 aliphatic heterocycles. The molecule has 2 saturated heterocycles. The number of carbonyl (C=O) groups excluding carboxylic acids is 1. The molecule has 1 atom stereocenters. The number of hydrogen-bond donors (Lipinski definition) is 0. The second-order valence-electron chi connectivity index (χ2n) is 8.18. The van der Waals surface area contributed by atoms with E-state index in [0.29, 0.717) is 13.0 Å². The number of aromatic nitrogens is 4. The average Bonchev–Trinajstić information content (AvgIpc) is 3.41. The molecule has 0 saturated carbocycles. The minimum absolute atomic E-state index is 0.138. The van der Waals surface area contributed by atoms with E-state index in [2.05, 4.69) is 31.9 Å². The van der Waals surface area contributed by atoms with Gasteiger partial charge in [0.1, 0.15) is 17.4 Å². The van der Waals surface area contributed by atoms with Crippen LogP contribution in [0.2, 0.25) is 0 Å². The molecule has 2 aromatic rings. The number of rotatable bonds is 5. The number of aryl methyl sites for hydroxylation is 2. The first kappa shape index (κ1) is 19.1. The van der Waals surface area contributed by atoms with Gasteiger partial charge in [-0.25, -0.2) is 0 Å². The van der Waals surface area contributed by atoms with E-state index in [0.717, 1.165) is 67.7 Å². The molecule has 0 unspecified atom stereocenters. The fraction of sp³-hybridized carbons (Fsp3) is 0.700. The molecular formula is C20H30N6O2. The van der Waals surface area contributed by atoms with Crippen LogP contribution in [0.1, 0.15) is 60.3 Å². The van der Waals surface area contributed by atoms with E-state index in [4.69, 9.17) is 4.52 Å². The van der Waals surface area contributed by atoms with Gasteiger partial charge in [0.15, 0.2) is 0 Å². The van der Waals surface area contributed by atoms with Gasteiger partial charge in [0, 0.05) is 31.6 Å². The fourth-order valence-electron chi connectivity index (χ4n) is 4.44. The SMILES string of the molecule is Cc1noc(C)c1CC(=O)N1CCC[C@@H](c2nnc(CN3CCCC3)n2C)C1. The van der Waals surface area contributed by atoms with Gasteiger partial charge in [-0.3, -0.25) is 9.69 Å². The van der Waals surface area contributed by atoms with E-state index in [1.54, 1.807) is 0 Å². The molecule has 0 N–H and O–H groups in total. The van der Waals surface area contributed by atoms with Gasteiger partial charge in [-0.2, -0.15) is 0 Å². The monoisotopic (exact) mass is 386 g/mol. The lowest BCUT2D eigenvalue weighted by atomic mass is 9.96. The number of amides is 1. The van der Waals surface area contributed by atoms with Crippen molar-refractivity contribution in [3.8, 4) is 0 Å². The van der Waals surface area contributed by atoms with Crippen LogP contribution < -0.4 is 0 Å². The topological polar surface area (TPSA) is 80.3 Å². The molecular weight excluding hydrogens is 356 g/mol. The maximum absolute atomic E-state index is 12.9. The largest absolute Gasteiger partial charge is 0.361 e. The van der Waals surface area contributed by atoms with Crippen molar-refractivity contribution in [3.05, 3.63) is 28.7 Å². The summed E-state index contributed by atoms with van der Waals surface area (Å²) in [6.45, 7) is 8.42. The second kappa shape index (κ2) is 8.03. The molecule has 0 spiro atoms. The van der Waals surface area contributed by atoms with E-state index in [1.165, 1.54) is 12.8 Å². The van der Waals surface area contributed by atoms with Crippen molar-refractivity contribution in [2.45, 2.75) is 58.4 Å². The van der Waals surface area contributed by atoms with Gasteiger partial charge in [0.25, 0.3) is 0 Å². The van der Waals surface area contributed by atoms with Gasteiger partial charge in [-0.05, 0) is 52.6 Å². The number of piperidine rings is 1. The molecule has 2 aromatic heterocycles. The molecule has 0 aliphatic carbocycles. The Morgan fingerprint density at radius 2 is 1.93 bits per heavy atom. The predicted octanol–water partition coefficient (Wildman–Crippen LogP) is 1.96. The highest BCUT2D eigenvalue weighted by atomic mass is 16.5. The Hall–Kier alpha value is -2.22. The minimum atomic E-state index is 0.138. The van der Waals surface area contributed by atoms with Crippen LogP contribution in [0.25, 0.3) is 0 Å². The lowest BCUT2D eigenvalue weighted by Crippen LogP contribution is -2.40. The van der Waals surface area contributed by atoms with E-state index in [9.17, 15) is 4.79 Å². The lowest BCUT2D eigenvalue weighted by Gasteiger charge is -2.32. The van der Waals surface area contributed by atoms with Crippen molar-refractivity contribution in [2.75, 3.05) is 26.2 Å². The van der Waals surface area contributed by atoms with Gasteiger partial charge < -0.3 is 14.0 Å². The van der Waals surface area contributed by atoms with Gasteiger partial charge >= 0.3 is 0 Å². The van der Waals surface area contributed by atoms with Crippen LogP contribution >= 0.6 is 0 Å². The molecule has 1 amide bonds. The minimum Gasteiger partial charge on any atom is -0.361 e. The summed E-state index contributed by atoms with van der Waals surface area (Å²) in [6, 6.07) is 0. The molecule has 0 bridgehead atoms. The summed E-state index contributed by atoms with van der Waals surface area (Å²) in [4.78, 5) is 17.3. The number of nitrogens with zero attached hydrogens (tertiary/aromatic N) is 6. The van der Waals surface area contributed by atoms with Crippen molar-refractivity contribution in [1.82, 2.24) is 29.7 Å². The highest BCUT2D eigenvalue weighted by Crippen LogP contribution is 2.27. The molecule has 2 fully saturated rings. The molecule has 2 aliphatic rings. The van der Waals surface area contributed by atoms with Crippen molar-refractivity contribution in [1.29, 1.82) is 0 Å². The highest BCUT2D eigenvalue weighted by Gasteiger charge is 2.29. The zero-order valence-corrected chi connectivity index (χ0v) is 17.1. The van der Waals surface area contributed by atoms with E-state index < -0.39 is 0 Å². The Kier molecular flexibility index (Phi) is 5.48. The van der Waals surface area contributed by atoms with E-state index >= 15 is 0 Å². The Balaban J connectivity index is 1.42. The Bertz CT molecular complexity index is 816. The molecule has 152 valence electrons. The van der Waals surface area contributed by atoms with Crippen LogP contribution in [0.15, 0.2) is 4.52 Å². The smallest absolute Gasteiger partial charge is 0.227 e. The fourth-order valence-corrected chi connectivity index (χ4v) is 4.44. The van der Waals surface area contributed by atoms with Crippen molar-refractivity contribution in [2.24, 2.45) is 7.05 Å². The third-order valence-corrected chi connectivity index (χ3v) is 6.21. The zero-order valence-electron chi connectivity index (χ0n) is 17.1. The summed E-state index contributed by atoms with van der Waals surface area (Å²) in [6.07, 6.45) is 4.94. The lowest BCUT2D eigenvalue weighted by molar-refractivity contribution is -0.131. The Labute approximate surface area is 165 Å². The maximum atomic E-state index is 12.9. The summed E-state index contributed by atoms with van der Waals surface area (Å²) in [5.74, 6) is 3.14. The number of carbonyl (C=O) groups is 1. The van der Waals surface area contributed by atoms with Crippen LogP contribution in [0.3, 0.4) is 0 Å². The Morgan fingerprint density at radius 1 is 1.14 bits per heavy atom. The normalized spacial score (nSPS) is 20.8. The van der Waals surface area contributed by atoms with Crippen LogP contribution in [0.5, 0.6) is 0 Å². The molecule has 8 nitrogen and oxygen atoms in total. The van der Waals surface area contributed by atoms with Gasteiger partial charge in [0.05, 0.1) is 18.7 Å². The molecule has 4 rings (SSSR count). The second-order valence-corrected chi connectivity index (χ2v) is 8.18. The van der Waals surface area contributed by atoms with Crippen LogP contribution in [0, 0.1) is 13.8 Å². The zero-order chi connectivity index (χ0) is 19.7. The van der Waals surface area contributed by atoms with E-state index in [1.807, 2.05) is 18.7 Å². The van der Waals surface area contributed by atoms with Crippen molar-refractivity contribution < 1.29 is 9.32 Å². The first-order chi connectivity index (χ1) is 13.5. The average molecular weight is 387 g/mol. The summed E-state index contributed by atoms with van der Waals surface area (Å²) >= 11 is 0. The summed E-state index contributed by atoms with van der Waals surface area (Å²) in [5.41, 5.74) is 1.72. The number of likely N-dealkylation sites (tertiary alicyclic amines) is 2. The summed E-state index contributed by atoms with van der Waals surface area (Å²) in [7, 11) is 2.06. The third kappa shape index (κ3) is 3.83. The van der Waals surface area contributed by atoms with Gasteiger partial charge in [0.2, 0.25) is 5.91 Å². The Morgan fingerprint density at radius 3 is 2.64 bits per heavy atom. The molecule has 4 heterocycles. The molecule has 0 radical (unpaired) electrons. The van der Waals surface area contributed by atoms with Crippen LogP contribution in [-0.4, -0.2) is 61.8 Å². The van der Waals surface area contributed by atoms with Crippen LogP contribution in [0.4, 0.5) is 0 Å². The maximum Gasteiger partial charge on any atom is 0.227 e. The number of hydrogen-bond acceptors (Lipinski definition) is 6. The van der Waals surface area contributed by atoms with Gasteiger partial charge in [-0.15, -0.1) is 10.2 Å². The van der Waals surface area contributed by atoms with E-state index in [-0.39, 0.29) is 11.8 Å². The first-order valence-electron chi connectivity index (χ1n) is 10.3. The first-order valence-corrected chi connectivity index (χ1v) is 10.3. The standard InChI is InChI=1S/C20H30N6O2/c1-14-17(15(2)28-23-14)11-19(27)26-10-6-7-16(12-26)20-22-21-18(24(20)3)13-25-8-4-5-9-25/h16H,4-13H2,1-3H3/t16-/m1/s1. The predicted molar refractivity (Wildman–Crippen MR) is 104 cm³/mol.